The summed E-state index contributed by atoms with van der Waals surface area (Å²) < 4.78 is 1.68. The highest BCUT2D eigenvalue weighted by Crippen LogP contribution is 1.90. The fraction of sp³-hybridized carbons (Fsp3) is 0.200. The van der Waals surface area contributed by atoms with Gasteiger partial charge >= 0.3 is 0 Å². The van der Waals surface area contributed by atoms with Gasteiger partial charge in [0.15, 0.2) is 13.2 Å². The van der Waals surface area contributed by atoms with Gasteiger partial charge in [0.2, 0.25) is 5.82 Å². The van der Waals surface area contributed by atoms with E-state index < -0.39 is 0 Å². The molecule has 1 heterocycles. The number of nitrogens with one attached hydrogen (secondary N) is 1. The number of nitrogen functional groups attached to an aromatic ring is 1. The molecule has 1 aromatic heterocycles. The van der Waals surface area contributed by atoms with Crippen molar-refractivity contribution >= 4 is 5.82 Å². The van der Waals surface area contributed by atoms with Crippen molar-refractivity contribution in [2.24, 2.45) is 12.9 Å². The Balaban J connectivity index is 2.94. The van der Waals surface area contributed by atoms with Crippen LogP contribution in [-0.2, 0) is 7.05 Å². The number of nitrogens with two attached hydrogens (primary N) is 1. The Labute approximate surface area is 53.3 Å². The van der Waals surface area contributed by atoms with E-state index in [1.54, 1.807) is 10.7 Å². The van der Waals surface area contributed by atoms with Crippen LogP contribution in [0.2, 0.25) is 0 Å². The number of nitrogens with zero attached hydrogens (tertiary/aromatic N) is 2. The molecule has 0 atom stereocenters. The maximum Gasteiger partial charge on any atom is 0.207 e. The molecule has 4 heteroatoms. The Kier molecular flexibility index (Phi) is 1.60. The van der Waals surface area contributed by atoms with Gasteiger partial charge in [0.1, 0.15) is 0 Å². The second-order valence-electron chi connectivity index (χ2n) is 1.71. The highest BCUT2D eigenvalue weighted by Gasteiger charge is 1.93. The summed E-state index contributed by atoms with van der Waals surface area (Å²) in [5, 5.41) is 3.97. The number of anilines is 1. The van der Waals surface area contributed by atoms with E-state index >= 15 is 0 Å². The molecule has 0 bridgehead atoms. The third-order valence-electron chi connectivity index (χ3n) is 0.969. The van der Waals surface area contributed by atoms with Crippen molar-refractivity contribution in [2.75, 3.05) is 5.43 Å². The molecule has 0 aliphatic heterocycles. The SMILES string of the molecule is C[n+]1cccc(NN)n1. The number of aryl methyl sites for hydroxylation is 1. The molecular formula is C5H9N4+. The van der Waals surface area contributed by atoms with Crippen molar-refractivity contribution in [3.05, 3.63) is 18.3 Å². The Hall–Kier alpha value is -1.16. The number of hydrazine groups is 1. The van der Waals surface area contributed by atoms with E-state index in [1.165, 1.54) is 0 Å². The molecule has 0 saturated heterocycles. The minimum absolute atomic E-state index is 0.667. The Morgan fingerprint density at radius 2 is 2.56 bits per heavy atom. The highest BCUT2D eigenvalue weighted by atomic mass is 15.3. The molecule has 0 aromatic carbocycles. The van der Waals surface area contributed by atoms with Crippen LogP contribution >= 0.6 is 0 Å². The van der Waals surface area contributed by atoms with Crippen LogP contribution < -0.4 is 16.0 Å². The molecule has 9 heavy (non-hydrogen) atoms. The quantitative estimate of drug-likeness (QED) is 0.293. The summed E-state index contributed by atoms with van der Waals surface area (Å²) in [4.78, 5) is 0. The van der Waals surface area contributed by atoms with E-state index in [2.05, 4.69) is 10.5 Å². The van der Waals surface area contributed by atoms with Gasteiger partial charge in [0, 0.05) is 11.2 Å². The monoisotopic (exact) mass is 125 g/mol. The first-order chi connectivity index (χ1) is 4.33. The Bertz CT molecular complexity index is 198. The molecular weight excluding hydrogens is 116 g/mol. The average molecular weight is 125 g/mol. The molecule has 1 aromatic rings. The smallest absolute Gasteiger partial charge is 0.207 e. The molecule has 0 saturated carbocycles. The topological polar surface area (TPSA) is 54.8 Å². The Morgan fingerprint density at radius 3 is 3.00 bits per heavy atom. The summed E-state index contributed by atoms with van der Waals surface area (Å²) >= 11 is 0. The van der Waals surface area contributed by atoms with E-state index in [9.17, 15) is 0 Å². The molecule has 4 nitrogen and oxygen atoms in total. The first kappa shape index (κ1) is 5.97. The summed E-state index contributed by atoms with van der Waals surface area (Å²) in [6.07, 6.45) is 1.83. The predicted molar refractivity (Wildman–Crippen MR) is 33.2 cm³/mol. The molecule has 0 spiro atoms. The van der Waals surface area contributed by atoms with Gasteiger partial charge in [-0.2, -0.15) is 0 Å². The summed E-state index contributed by atoms with van der Waals surface area (Å²) in [6, 6.07) is 3.65. The van der Waals surface area contributed by atoms with Crippen LogP contribution in [0.3, 0.4) is 0 Å². The zero-order valence-electron chi connectivity index (χ0n) is 5.20. The Morgan fingerprint density at radius 1 is 1.78 bits per heavy atom. The van der Waals surface area contributed by atoms with Gasteiger partial charge in [0.25, 0.3) is 0 Å². The van der Waals surface area contributed by atoms with Gasteiger partial charge in [-0.05, 0) is 6.07 Å². The van der Waals surface area contributed by atoms with Crippen molar-refractivity contribution in [2.45, 2.75) is 0 Å². The van der Waals surface area contributed by atoms with Gasteiger partial charge in [-0.15, -0.1) is 0 Å². The first-order valence-electron chi connectivity index (χ1n) is 2.62. The van der Waals surface area contributed by atoms with Crippen molar-refractivity contribution in [1.82, 2.24) is 5.10 Å². The van der Waals surface area contributed by atoms with Crippen molar-refractivity contribution in [3.8, 4) is 0 Å². The number of hydrogen-bond acceptors (Lipinski definition) is 3. The maximum atomic E-state index is 5.09. The summed E-state index contributed by atoms with van der Waals surface area (Å²) in [5.74, 6) is 5.76. The van der Waals surface area contributed by atoms with E-state index in [1.807, 2.05) is 19.3 Å². The highest BCUT2D eigenvalue weighted by molar-refractivity contribution is 5.27. The first-order valence-corrected chi connectivity index (χ1v) is 2.62. The molecule has 3 N–H and O–H groups in total. The fourth-order valence-corrected chi connectivity index (χ4v) is 0.572. The number of hydrogen-bond donors (Lipinski definition) is 2. The van der Waals surface area contributed by atoms with Gasteiger partial charge in [-0.1, -0.05) is 4.68 Å². The summed E-state index contributed by atoms with van der Waals surface area (Å²) in [6.45, 7) is 0. The maximum absolute atomic E-state index is 5.09. The lowest BCUT2D eigenvalue weighted by Gasteiger charge is -1.91. The van der Waals surface area contributed by atoms with Crippen LogP contribution in [0.25, 0.3) is 0 Å². The van der Waals surface area contributed by atoms with Crippen molar-refractivity contribution in [3.63, 3.8) is 0 Å². The van der Waals surface area contributed by atoms with Gasteiger partial charge in [-0.3, -0.25) is 0 Å². The number of rotatable bonds is 1. The second-order valence-corrected chi connectivity index (χ2v) is 1.71. The fourth-order valence-electron chi connectivity index (χ4n) is 0.572. The molecule has 48 valence electrons. The molecule has 0 aliphatic carbocycles. The van der Waals surface area contributed by atoms with E-state index in [0.717, 1.165) is 0 Å². The molecule has 0 unspecified atom stereocenters. The van der Waals surface area contributed by atoms with Crippen LogP contribution in [0, 0.1) is 0 Å². The number of aromatic nitrogens is 2. The third-order valence-corrected chi connectivity index (χ3v) is 0.969. The summed E-state index contributed by atoms with van der Waals surface area (Å²) in [5.41, 5.74) is 2.44. The lowest BCUT2D eigenvalue weighted by Crippen LogP contribution is -2.33. The largest absolute Gasteiger partial charge is 0.304 e. The second kappa shape index (κ2) is 2.41. The summed E-state index contributed by atoms with van der Waals surface area (Å²) in [7, 11) is 1.83. The predicted octanol–water partition coefficient (Wildman–Crippen LogP) is -0.808. The van der Waals surface area contributed by atoms with Crippen LogP contribution in [0.15, 0.2) is 18.3 Å². The van der Waals surface area contributed by atoms with E-state index in [0.29, 0.717) is 5.82 Å². The zero-order chi connectivity index (χ0) is 6.69. The van der Waals surface area contributed by atoms with Crippen LogP contribution in [0.1, 0.15) is 0 Å². The third kappa shape index (κ3) is 1.36. The molecule has 0 aliphatic rings. The van der Waals surface area contributed by atoms with Crippen molar-refractivity contribution in [1.29, 1.82) is 0 Å². The van der Waals surface area contributed by atoms with E-state index in [-0.39, 0.29) is 0 Å². The molecule has 1 rings (SSSR count). The minimum Gasteiger partial charge on any atom is -0.304 e. The normalized spacial score (nSPS) is 9.11. The van der Waals surface area contributed by atoms with Crippen LogP contribution in [0.4, 0.5) is 5.82 Å². The minimum atomic E-state index is 0.667. The lowest BCUT2D eigenvalue weighted by atomic mass is 10.5. The standard InChI is InChI=1S/C5H8N4/c1-9-4-2-3-5(7-6)8-9/h2-4,6,8H,1H3/p+1. The van der Waals surface area contributed by atoms with Crippen molar-refractivity contribution < 1.29 is 4.68 Å². The zero-order valence-corrected chi connectivity index (χ0v) is 5.20. The molecule has 0 radical (unpaired) electrons. The van der Waals surface area contributed by atoms with Crippen LogP contribution in [0.5, 0.6) is 0 Å². The van der Waals surface area contributed by atoms with Gasteiger partial charge in [0.05, 0.1) is 0 Å². The molecule has 0 amide bonds. The molecule has 0 fully saturated rings. The lowest BCUT2D eigenvalue weighted by molar-refractivity contribution is -0.729. The van der Waals surface area contributed by atoms with Crippen LogP contribution in [-0.4, -0.2) is 5.10 Å². The van der Waals surface area contributed by atoms with Gasteiger partial charge in [-0.25, -0.2) is 5.84 Å². The van der Waals surface area contributed by atoms with Gasteiger partial charge < -0.3 is 5.43 Å². The van der Waals surface area contributed by atoms with E-state index in [4.69, 9.17) is 5.84 Å². The average Bonchev–Trinajstić information content (AvgIpc) is 1.88.